The van der Waals surface area contributed by atoms with Crippen LogP contribution in [-0.2, 0) is 0 Å². The Morgan fingerprint density at radius 2 is 1.53 bits per heavy atom. The fourth-order valence-electron chi connectivity index (χ4n) is 1.02. The number of carbonyl (C=O) groups is 1. The third-order valence-electron chi connectivity index (χ3n) is 1.69. The van der Waals surface area contributed by atoms with E-state index in [1.54, 1.807) is 0 Å². The minimum atomic E-state index is -5.51. The molecule has 2 N–H and O–H groups in total. The van der Waals surface area contributed by atoms with Crippen molar-refractivity contribution < 1.29 is 26.5 Å². The highest BCUT2D eigenvalue weighted by molar-refractivity contribution is 6.73. The van der Waals surface area contributed by atoms with E-state index in [1.807, 2.05) is 0 Å². The molecule has 0 spiro atoms. The summed E-state index contributed by atoms with van der Waals surface area (Å²) in [5.74, 6) is -4.68. The van der Waals surface area contributed by atoms with E-state index in [9.17, 15) is 26.5 Å². The highest BCUT2D eigenvalue weighted by Crippen LogP contribution is 2.15. The number of rotatable bonds is 2. The summed E-state index contributed by atoms with van der Waals surface area (Å²) in [4.78, 5) is 10.5. The Hall–Kier alpha value is -1.60. The van der Waals surface area contributed by atoms with Crippen LogP contribution < -0.4 is 11.2 Å². The maximum Gasteiger partial charge on any atom is 0.509 e. The first-order chi connectivity index (χ1) is 6.73. The first-order valence-electron chi connectivity index (χ1n) is 3.72. The molecule has 0 aliphatic carbocycles. The summed E-state index contributed by atoms with van der Waals surface area (Å²) in [5.41, 5.74) is 1.96. The molecule has 0 aliphatic rings. The van der Waals surface area contributed by atoms with Crippen molar-refractivity contribution in [3.05, 3.63) is 29.3 Å². The van der Waals surface area contributed by atoms with Gasteiger partial charge in [-0.3, -0.25) is 4.79 Å². The van der Waals surface area contributed by atoms with Crippen molar-refractivity contribution in [1.29, 1.82) is 0 Å². The number of hydrogen-bond donors (Lipinski definition) is 1. The Labute approximate surface area is 80.9 Å². The van der Waals surface area contributed by atoms with E-state index in [2.05, 4.69) is 5.73 Å². The van der Waals surface area contributed by atoms with E-state index in [0.29, 0.717) is 0 Å². The Balaban J connectivity index is 3.39. The number of nitrogens with two attached hydrogens (primary N) is 1. The van der Waals surface area contributed by atoms with Crippen LogP contribution >= 0.6 is 0 Å². The summed E-state index contributed by atoms with van der Waals surface area (Å²) in [6, 6.07) is 0.0896. The van der Waals surface area contributed by atoms with Gasteiger partial charge in [0, 0.05) is 0 Å². The summed E-state index contributed by atoms with van der Waals surface area (Å²) in [6.45, 7) is -5.51. The van der Waals surface area contributed by atoms with E-state index in [1.165, 1.54) is 0 Å². The maximum atomic E-state index is 12.9. The van der Waals surface area contributed by atoms with Crippen LogP contribution in [0.5, 0.6) is 0 Å². The van der Waals surface area contributed by atoms with E-state index < -0.39 is 35.5 Å². The molecule has 0 bridgehead atoms. The van der Waals surface area contributed by atoms with Gasteiger partial charge in [0.2, 0.25) is 0 Å². The van der Waals surface area contributed by atoms with Crippen molar-refractivity contribution in [2.45, 2.75) is 0 Å². The molecule has 0 fully saturated rings. The minimum Gasteiger partial charge on any atom is -0.445 e. The van der Waals surface area contributed by atoms with Crippen LogP contribution in [0.1, 0.15) is 10.4 Å². The molecule has 0 atom stereocenters. The summed E-state index contributed by atoms with van der Waals surface area (Å²) in [7, 11) is 0. The van der Waals surface area contributed by atoms with Crippen molar-refractivity contribution in [3.8, 4) is 0 Å². The standard InChI is InChI=1S/C7H4BF5NO/c9-4-1-3(8(11,12)13)2-5(10)6(4)7(14)15/h1-2H,(H2,14,15)/q-1. The normalized spacial score (nSPS) is 11.5. The van der Waals surface area contributed by atoms with Gasteiger partial charge in [0.1, 0.15) is 17.2 Å². The molecule has 1 aromatic carbocycles. The summed E-state index contributed by atoms with van der Waals surface area (Å²) in [5, 5.41) is 0. The van der Waals surface area contributed by atoms with Gasteiger partial charge in [0.15, 0.2) is 0 Å². The number of carbonyl (C=O) groups excluding carboxylic acids is 1. The molecule has 0 radical (unpaired) electrons. The van der Waals surface area contributed by atoms with Crippen LogP contribution in [-0.4, -0.2) is 12.9 Å². The zero-order chi connectivity index (χ0) is 11.8. The Morgan fingerprint density at radius 3 is 1.80 bits per heavy atom. The van der Waals surface area contributed by atoms with Crippen LogP contribution in [0.4, 0.5) is 21.7 Å². The van der Waals surface area contributed by atoms with Gasteiger partial charge < -0.3 is 18.7 Å². The molecular formula is C7H4BF5NO-. The van der Waals surface area contributed by atoms with E-state index in [-0.39, 0.29) is 12.1 Å². The first kappa shape index (κ1) is 11.5. The number of benzene rings is 1. The van der Waals surface area contributed by atoms with E-state index >= 15 is 0 Å². The molecule has 0 saturated carbocycles. The molecule has 0 heterocycles. The molecule has 0 aromatic heterocycles. The Morgan fingerprint density at radius 1 is 1.13 bits per heavy atom. The maximum absolute atomic E-state index is 12.9. The summed E-state index contributed by atoms with van der Waals surface area (Å²) in [6.07, 6.45) is 0. The van der Waals surface area contributed by atoms with Crippen LogP contribution in [0.2, 0.25) is 0 Å². The largest absolute Gasteiger partial charge is 0.509 e. The van der Waals surface area contributed by atoms with Crippen LogP contribution in [0.3, 0.4) is 0 Å². The molecule has 0 aliphatic heterocycles. The fourth-order valence-corrected chi connectivity index (χ4v) is 1.02. The topological polar surface area (TPSA) is 43.1 Å². The van der Waals surface area contributed by atoms with Gasteiger partial charge in [-0.1, -0.05) is 12.1 Å². The Kier molecular flexibility index (Phi) is 2.70. The van der Waals surface area contributed by atoms with Gasteiger partial charge in [-0.2, -0.15) is 0 Å². The quantitative estimate of drug-likeness (QED) is 0.593. The molecule has 0 unspecified atom stereocenters. The molecule has 8 heteroatoms. The SMILES string of the molecule is NC(=O)c1c(F)cc([B-](F)(F)F)cc1F. The van der Waals surface area contributed by atoms with Crippen molar-refractivity contribution in [2.75, 3.05) is 0 Å². The predicted molar refractivity (Wildman–Crippen MR) is 43.6 cm³/mol. The molecule has 1 rings (SSSR count). The van der Waals surface area contributed by atoms with Gasteiger partial charge in [-0.25, -0.2) is 8.78 Å². The van der Waals surface area contributed by atoms with Crippen LogP contribution in [0.15, 0.2) is 12.1 Å². The highest BCUT2D eigenvalue weighted by atomic mass is 19.4. The number of amides is 1. The van der Waals surface area contributed by atoms with Crippen molar-refractivity contribution in [1.82, 2.24) is 0 Å². The molecule has 0 saturated heterocycles. The highest BCUT2D eigenvalue weighted by Gasteiger charge is 2.28. The lowest BCUT2D eigenvalue weighted by Crippen LogP contribution is -2.35. The zero-order valence-corrected chi connectivity index (χ0v) is 7.11. The van der Waals surface area contributed by atoms with Crippen molar-refractivity contribution >= 4 is 18.3 Å². The Bertz CT molecular complexity index is 393. The lowest BCUT2D eigenvalue weighted by molar-refractivity contribution is 0.0992. The van der Waals surface area contributed by atoms with Crippen LogP contribution in [0.25, 0.3) is 0 Å². The third kappa shape index (κ3) is 2.25. The average molecular weight is 224 g/mol. The minimum absolute atomic E-state index is 0.0448. The van der Waals surface area contributed by atoms with Crippen LogP contribution in [0, 0.1) is 11.6 Å². The molecule has 1 amide bonds. The fraction of sp³-hybridized carbons (Fsp3) is 0. The average Bonchev–Trinajstić information content (AvgIpc) is 1.99. The molecule has 15 heavy (non-hydrogen) atoms. The second-order valence-electron chi connectivity index (χ2n) is 2.80. The summed E-state index contributed by atoms with van der Waals surface area (Å²) < 4.78 is 62.0. The third-order valence-corrected chi connectivity index (χ3v) is 1.69. The molecule has 2 nitrogen and oxygen atoms in total. The lowest BCUT2D eigenvalue weighted by atomic mass is 9.79. The molecule has 82 valence electrons. The number of hydrogen-bond acceptors (Lipinski definition) is 1. The van der Waals surface area contributed by atoms with Crippen molar-refractivity contribution in [2.24, 2.45) is 5.73 Å². The molecule has 1 aromatic rings. The monoisotopic (exact) mass is 224 g/mol. The number of halogens is 5. The molecular weight excluding hydrogens is 220 g/mol. The van der Waals surface area contributed by atoms with Gasteiger partial charge in [0.25, 0.3) is 5.91 Å². The second kappa shape index (κ2) is 3.52. The summed E-state index contributed by atoms with van der Waals surface area (Å²) >= 11 is 0. The zero-order valence-electron chi connectivity index (χ0n) is 7.11. The smallest absolute Gasteiger partial charge is 0.445 e. The van der Waals surface area contributed by atoms with Crippen molar-refractivity contribution in [3.63, 3.8) is 0 Å². The second-order valence-corrected chi connectivity index (χ2v) is 2.80. The van der Waals surface area contributed by atoms with Gasteiger partial charge >= 0.3 is 6.98 Å². The first-order valence-corrected chi connectivity index (χ1v) is 3.72. The van der Waals surface area contributed by atoms with E-state index in [0.717, 1.165) is 0 Å². The number of primary amides is 1. The predicted octanol–water partition coefficient (Wildman–Crippen LogP) is 1.12. The van der Waals surface area contributed by atoms with Gasteiger partial charge in [0.05, 0.1) is 0 Å². The lowest BCUT2D eigenvalue weighted by Gasteiger charge is -2.15. The van der Waals surface area contributed by atoms with E-state index in [4.69, 9.17) is 0 Å². The van der Waals surface area contributed by atoms with Gasteiger partial charge in [-0.05, 0) is 0 Å². The van der Waals surface area contributed by atoms with Gasteiger partial charge in [-0.15, -0.1) is 5.46 Å².